The van der Waals surface area contributed by atoms with Crippen LogP contribution in [0.2, 0.25) is 0 Å². The van der Waals surface area contributed by atoms with Crippen LogP contribution in [0.15, 0.2) is 23.8 Å². The molecule has 3 rings (SSSR count). The molecule has 0 amide bonds. The molecular weight excluding hydrogens is 256 g/mol. The first kappa shape index (κ1) is 12.9. The van der Waals surface area contributed by atoms with Crippen molar-refractivity contribution in [3.8, 4) is 0 Å². The van der Waals surface area contributed by atoms with Crippen LogP contribution in [0.4, 0.5) is 0 Å². The fraction of sp³-hybridized carbons (Fsp3) is 0.533. The van der Waals surface area contributed by atoms with Crippen LogP contribution in [0, 0.1) is 5.92 Å². The second-order valence-electron chi connectivity index (χ2n) is 5.38. The Morgan fingerprint density at radius 3 is 3.11 bits per heavy atom. The van der Waals surface area contributed by atoms with Crippen molar-refractivity contribution in [1.29, 1.82) is 0 Å². The van der Waals surface area contributed by atoms with E-state index in [1.54, 1.807) is 11.3 Å². The topological polar surface area (TPSA) is 38.0 Å². The molecule has 1 N–H and O–H groups in total. The van der Waals surface area contributed by atoms with E-state index >= 15 is 0 Å². The average Bonchev–Trinajstić information content (AvgIpc) is 3.00. The molecule has 0 bridgehead atoms. The molecule has 1 unspecified atom stereocenters. The minimum absolute atomic E-state index is 0.271. The molecule has 3 nitrogen and oxygen atoms in total. The fourth-order valence-corrected chi connectivity index (χ4v) is 3.25. The highest BCUT2D eigenvalue weighted by Gasteiger charge is 2.31. The van der Waals surface area contributed by atoms with E-state index in [4.69, 9.17) is 0 Å². The van der Waals surface area contributed by atoms with Crippen molar-refractivity contribution >= 4 is 11.3 Å². The van der Waals surface area contributed by atoms with Crippen LogP contribution in [0.1, 0.15) is 48.6 Å². The third-order valence-corrected chi connectivity index (χ3v) is 4.55. The first-order valence-electron chi connectivity index (χ1n) is 7.03. The summed E-state index contributed by atoms with van der Waals surface area (Å²) >= 11 is 1.75. The fourth-order valence-electron chi connectivity index (χ4n) is 2.35. The zero-order valence-electron chi connectivity index (χ0n) is 11.2. The van der Waals surface area contributed by atoms with Crippen LogP contribution in [0.25, 0.3) is 0 Å². The number of rotatable bonds is 6. The van der Waals surface area contributed by atoms with E-state index in [0.29, 0.717) is 5.92 Å². The molecule has 0 radical (unpaired) electrons. The van der Waals surface area contributed by atoms with Gasteiger partial charge in [0.2, 0.25) is 0 Å². The van der Waals surface area contributed by atoms with Crippen molar-refractivity contribution in [2.24, 2.45) is 5.92 Å². The van der Waals surface area contributed by atoms with E-state index in [2.05, 4.69) is 28.1 Å². The maximum atomic E-state index is 10.1. The maximum absolute atomic E-state index is 10.1. The van der Waals surface area contributed by atoms with Crippen molar-refractivity contribution in [3.63, 3.8) is 0 Å². The Hall–Kier alpha value is -1.13. The quantitative estimate of drug-likeness (QED) is 0.878. The highest BCUT2D eigenvalue weighted by Crippen LogP contribution is 2.40. The van der Waals surface area contributed by atoms with Crippen LogP contribution in [-0.2, 0) is 13.0 Å². The van der Waals surface area contributed by atoms with Gasteiger partial charge in [-0.25, -0.2) is 4.98 Å². The number of nitrogens with zero attached hydrogens (tertiary/aromatic N) is 2. The summed E-state index contributed by atoms with van der Waals surface area (Å²) in [6.07, 6.45) is 8.38. The Labute approximate surface area is 117 Å². The highest BCUT2D eigenvalue weighted by molar-refractivity contribution is 7.09. The van der Waals surface area contributed by atoms with E-state index in [-0.39, 0.29) is 6.10 Å². The Balaban J connectivity index is 1.65. The minimum Gasteiger partial charge on any atom is -0.388 e. The predicted molar refractivity (Wildman–Crippen MR) is 77.3 cm³/mol. The van der Waals surface area contributed by atoms with Gasteiger partial charge in [-0.2, -0.15) is 0 Å². The van der Waals surface area contributed by atoms with Gasteiger partial charge in [0.15, 0.2) is 0 Å². The molecule has 102 valence electrons. The van der Waals surface area contributed by atoms with Crippen LogP contribution in [-0.4, -0.2) is 14.7 Å². The van der Waals surface area contributed by atoms with Crippen molar-refractivity contribution in [2.75, 3.05) is 0 Å². The molecule has 1 saturated carbocycles. The normalized spacial score (nSPS) is 16.7. The monoisotopic (exact) mass is 276 g/mol. The van der Waals surface area contributed by atoms with E-state index in [0.717, 1.165) is 30.6 Å². The largest absolute Gasteiger partial charge is 0.388 e. The lowest BCUT2D eigenvalue weighted by Crippen LogP contribution is -2.00. The molecule has 19 heavy (non-hydrogen) atoms. The first-order chi connectivity index (χ1) is 9.26. The first-order valence-corrected chi connectivity index (χ1v) is 7.91. The van der Waals surface area contributed by atoms with Gasteiger partial charge in [-0.1, -0.05) is 6.92 Å². The summed E-state index contributed by atoms with van der Waals surface area (Å²) < 4.78 is 2.12. The number of aliphatic hydroxyl groups is 1. The molecule has 2 aromatic heterocycles. The summed E-state index contributed by atoms with van der Waals surface area (Å²) in [5.74, 6) is 0.492. The zero-order valence-corrected chi connectivity index (χ0v) is 12.1. The summed E-state index contributed by atoms with van der Waals surface area (Å²) in [4.78, 5) is 4.63. The average molecular weight is 276 g/mol. The SMILES string of the molecule is CCCc1nc(Cn2ccc(C(O)C3CC3)c2)cs1. The van der Waals surface area contributed by atoms with Gasteiger partial charge in [0, 0.05) is 17.8 Å². The number of hydrogen-bond acceptors (Lipinski definition) is 3. The molecule has 0 spiro atoms. The van der Waals surface area contributed by atoms with E-state index in [1.807, 2.05) is 12.3 Å². The number of hydrogen-bond donors (Lipinski definition) is 1. The Kier molecular flexibility index (Phi) is 3.71. The number of thiazole rings is 1. The van der Waals surface area contributed by atoms with E-state index < -0.39 is 0 Å². The molecule has 4 heteroatoms. The molecule has 0 aliphatic heterocycles. The molecule has 1 aliphatic carbocycles. The lowest BCUT2D eigenvalue weighted by atomic mass is 10.1. The third kappa shape index (κ3) is 3.07. The molecule has 1 atom stereocenters. The van der Waals surface area contributed by atoms with Crippen LogP contribution in [0.5, 0.6) is 0 Å². The van der Waals surface area contributed by atoms with Crippen molar-refractivity contribution in [3.05, 3.63) is 40.1 Å². The second kappa shape index (κ2) is 5.47. The van der Waals surface area contributed by atoms with Crippen molar-refractivity contribution in [1.82, 2.24) is 9.55 Å². The standard InChI is InChI=1S/C15H20N2OS/c1-2-3-14-16-13(10-19-14)9-17-7-6-12(8-17)15(18)11-4-5-11/h6-8,10-11,15,18H,2-5,9H2,1H3. The molecule has 0 saturated heterocycles. The molecule has 1 aliphatic rings. The molecular formula is C15H20N2OS. The van der Waals surface area contributed by atoms with Gasteiger partial charge in [-0.05, 0) is 43.2 Å². The Morgan fingerprint density at radius 2 is 2.37 bits per heavy atom. The molecule has 1 fully saturated rings. The van der Waals surface area contributed by atoms with Crippen LogP contribution in [0.3, 0.4) is 0 Å². The summed E-state index contributed by atoms with van der Waals surface area (Å²) in [5.41, 5.74) is 2.17. The minimum atomic E-state index is -0.271. The van der Waals surface area contributed by atoms with Gasteiger partial charge in [0.1, 0.15) is 0 Å². The maximum Gasteiger partial charge on any atom is 0.0928 e. The van der Waals surface area contributed by atoms with Crippen molar-refractivity contribution in [2.45, 2.75) is 45.3 Å². The van der Waals surface area contributed by atoms with E-state index in [9.17, 15) is 5.11 Å². The molecule has 0 aromatic carbocycles. The predicted octanol–water partition coefficient (Wildman–Crippen LogP) is 3.39. The van der Waals surface area contributed by atoms with Gasteiger partial charge in [-0.3, -0.25) is 0 Å². The van der Waals surface area contributed by atoms with Crippen LogP contribution < -0.4 is 0 Å². The van der Waals surface area contributed by atoms with Gasteiger partial charge in [0.25, 0.3) is 0 Å². The Morgan fingerprint density at radius 1 is 1.53 bits per heavy atom. The van der Waals surface area contributed by atoms with Gasteiger partial charge in [-0.15, -0.1) is 11.3 Å². The lowest BCUT2D eigenvalue weighted by molar-refractivity contribution is 0.154. The summed E-state index contributed by atoms with van der Waals surface area (Å²) in [6.45, 7) is 2.98. The third-order valence-electron chi connectivity index (χ3n) is 3.59. The van der Waals surface area contributed by atoms with Gasteiger partial charge >= 0.3 is 0 Å². The van der Waals surface area contributed by atoms with Crippen LogP contribution >= 0.6 is 11.3 Å². The summed E-state index contributed by atoms with van der Waals surface area (Å²) in [7, 11) is 0. The second-order valence-corrected chi connectivity index (χ2v) is 6.32. The lowest BCUT2D eigenvalue weighted by Gasteiger charge is -2.05. The molecule has 2 heterocycles. The number of aliphatic hydroxyl groups excluding tert-OH is 1. The summed E-state index contributed by atoms with van der Waals surface area (Å²) in [6, 6.07) is 2.03. The smallest absolute Gasteiger partial charge is 0.0928 e. The Bertz CT molecular complexity index is 542. The molecule has 2 aromatic rings. The number of aromatic nitrogens is 2. The van der Waals surface area contributed by atoms with E-state index in [1.165, 1.54) is 17.8 Å². The van der Waals surface area contributed by atoms with Crippen molar-refractivity contribution < 1.29 is 5.11 Å². The van der Waals surface area contributed by atoms with Gasteiger partial charge < -0.3 is 9.67 Å². The summed E-state index contributed by atoms with van der Waals surface area (Å²) in [5, 5.41) is 13.5. The zero-order chi connectivity index (χ0) is 13.2. The highest BCUT2D eigenvalue weighted by atomic mass is 32.1. The number of aryl methyl sites for hydroxylation is 1. The van der Waals surface area contributed by atoms with Gasteiger partial charge in [0.05, 0.1) is 23.4 Å².